The quantitative estimate of drug-likeness (QED) is 0.593. The van der Waals surface area contributed by atoms with E-state index < -0.39 is 0 Å². The molecule has 1 aromatic heterocycles. The first-order valence-electron chi connectivity index (χ1n) is 4.55. The van der Waals surface area contributed by atoms with E-state index in [4.69, 9.17) is 0 Å². The van der Waals surface area contributed by atoms with Crippen molar-refractivity contribution in [3.8, 4) is 0 Å². The summed E-state index contributed by atoms with van der Waals surface area (Å²) in [6, 6.07) is 0.249. The second-order valence-electron chi connectivity index (χ2n) is 3.26. The first kappa shape index (κ1) is 9.07. The zero-order chi connectivity index (χ0) is 9.80. The van der Waals surface area contributed by atoms with Crippen LogP contribution in [0, 0.1) is 0 Å². The molecule has 1 fully saturated rings. The molecule has 14 heavy (non-hydrogen) atoms. The summed E-state index contributed by atoms with van der Waals surface area (Å²) >= 11 is 0. The molecular formula is C7H12N6O. The maximum absolute atomic E-state index is 11.4. The van der Waals surface area contributed by atoms with Crippen molar-refractivity contribution >= 4 is 5.91 Å². The summed E-state index contributed by atoms with van der Waals surface area (Å²) < 4.78 is 1.40. The zero-order valence-corrected chi connectivity index (χ0v) is 7.68. The van der Waals surface area contributed by atoms with E-state index in [9.17, 15) is 4.79 Å². The van der Waals surface area contributed by atoms with Crippen LogP contribution in [0.5, 0.6) is 0 Å². The van der Waals surface area contributed by atoms with E-state index in [0.29, 0.717) is 0 Å². The molecule has 0 bridgehead atoms. The predicted octanol–water partition coefficient (Wildman–Crippen LogP) is -1.85. The Bertz CT molecular complexity index is 291. The van der Waals surface area contributed by atoms with Crippen LogP contribution in [-0.2, 0) is 11.3 Å². The molecule has 2 rings (SSSR count). The van der Waals surface area contributed by atoms with Crippen molar-refractivity contribution in [2.75, 3.05) is 13.1 Å². The lowest BCUT2D eigenvalue weighted by Gasteiger charge is -2.10. The summed E-state index contributed by atoms with van der Waals surface area (Å²) in [6.07, 6.45) is 2.41. The molecule has 0 aromatic carbocycles. The highest BCUT2D eigenvalue weighted by Crippen LogP contribution is 1.96. The van der Waals surface area contributed by atoms with Gasteiger partial charge in [-0.3, -0.25) is 4.79 Å². The fourth-order valence-corrected chi connectivity index (χ4v) is 1.45. The van der Waals surface area contributed by atoms with Crippen LogP contribution in [0.1, 0.15) is 6.42 Å². The normalized spacial score (nSPS) is 21.0. The Kier molecular flexibility index (Phi) is 2.68. The predicted molar refractivity (Wildman–Crippen MR) is 47.2 cm³/mol. The molecule has 1 aliphatic rings. The highest BCUT2D eigenvalue weighted by atomic mass is 16.2. The number of tetrazole rings is 1. The number of carbonyl (C=O) groups is 1. The topological polar surface area (TPSA) is 84.7 Å². The fourth-order valence-electron chi connectivity index (χ4n) is 1.45. The lowest BCUT2D eigenvalue weighted by molar-refractivity contribution is -0.122. The molecule has 76 valence electrons. The van der Waals surface area contributed by atoms with E-state index in [2.05, 4.69) is 26.2 Å². The van der Waals surface area contributed by atoms with Crippen LogP contribution in [0.25, 0.3) is 0 Å². The van der Waals surface area contributed by atoms with Crippen LogP contribution in [-0.4, -0.2) is 45.2 Å². The summed E-state index contributed by atoms with van der Waals surface area (Å²) in [5, 5.41) is 16.6. The standard InChI is InChI=1S/C7H12N6O/c14-7(4-13-5-9-11-12-13)10-6-1-2-8-3-6/h5-6,8H,1-4H2,(H,10,14)/t6-/m1/s1. The second kappa shape index (κ2) is 4.14. The van der Waals surface area contributed by atoms with Crippen molar-refractivity contribution in [1.29, 1.82) is 0 Å². The third-order valence-electron chi connectivity index (χ3n) is 2.12. The van der Waals surface area contributed by atoms with Crippen LogP contribution < -0.4 is 10.6 Å². The number of nitrogens with one attached hydrogen (secondary N) is 2. The minimum absolute atomic E-state index is 0.0500. The van der Waals surface area contributed by atoms with Gasteiger partial charge in [0.1, 0.15) is 12.9 Å². The van der Waals surface area contributed by atoms with Crippen molar-refractivity contribution in [2.24, 2.45) is 0 Å². The highest BCUT2D eigenvalue weighted by Gasteiger charge is 2.16. The number of rotatable bonds is 3. The molecule has 1 saturated heterocycles. The van der Waals surface area contributed by atoms with Gasteiger partial charge in [-0.1, -0.05) is 0 Å². The van der Waals surface area contributed by atoms with Gasteiger partial charge in [-0.25, -0.2) is 4.68 Å². The molecule has 7 nitrogen and oxygen atoms in total. The van der Waals surface area contributed by atoms with Gasteiger partial charge < -0.3 is 10.6 Å². The van der Waals surface area contributed by atoms with Gasteiger partial charge in [-0.2, -0.15) is 0 Å². The van der Waals surface area contributed by atoms with E-state index in [1.807, 2.05) is 0 Å². The van der Waals surface area contributed by atoms with Crippen LogP contribution >= 0.6 is 0 Å². The van der Waals surface area contributed by atoms with Crippen molar-refractivity contribution < 1.29 is 4.79 Å². The van der Waals surface area contributed by atoms with E-state index in [-0.39, 0.29) is 18.5 Å². The Morgan fingerprint density at radius 3 is 3.29 bits per heavy atom. The van der Waals surface area contributed by atoms with Crippen molar-refractivity contribution in [3.05, 3.63) is 6.33 Å². The van der Waals surface area contributed by atoms with Crippen LogP contribution in [0.15, 0.2) is 6.33 Å². The molecule has 0 saturated carbocycles. The summed E-state index contributed by atoms with van der Waals surface area (Å²) in [5.41, 5.74) is 0. The third-order valence-corrected chi connectivity index (χ3v) is 2.12. The molecule has 0 radical (unpaired) electrons. The lowest BCUT2D eigenvalue weighted by Crippen LogP contribution is -2.38. The second-order valence-corrected chi connectivity index (χ2v) is 3.26. The van der Waals surface area contributed by atoms with E-state index >= 15 is 0 Å². The maximum Gasteiger partial charge on any atom is 0.242 e. The highest BCUT2D eigenvalue weighted by molar-refractivity contribution is 5.75. The molecule has 1 atom stereocenters. The SMILES string of the molecule is O=C(Cn1cnnn1)N[C@@H]1CCNC1. The Balaban J connectivity index is 1.78. The molecule has 0 spiro atoms. The Morgan fingerprint density at radius 1 is 1.71 bits per heavy atom. The van der Waals surface area contributed by atoms with Crippen LogP contribution in [0.3, 0.4) is 0 Å². The van der Waals surface area contributed by atoms with Gasteiger partial charge in [-0.15, -0.1) is 5.10 Å². The van der Waals surface area contributed by atoms with Gasteiger partial charge in [0.25, 0.3) is 0 Å². The van der Waals surface area contributed by atoms with E-state index in [0.717, 1.165) is 19.5 Å². The number of hydrogen-bond donors (Lipinski definition) is 2. The van der Waals surface area contributed by atoms with E-state index in [1.54, 1.807) is 0 Å². The van der Waals surface area contributed by atoms with Gasteiger partial charge in [-0.05, 0) is 23.4 Å². The molecule has 1 amide bonds. The summed E-state index contributed by atoms with van der Waals surface area (Å²) in [4.78, 5) is 11.4. The van der Waals surface area contributed by atoms with Crippen molar-refractivity contribution in [1.82, 2.24) is 30.8 Å². The molecule has 2 N–H and O–H groups in total. The van der Waals surface area contributed by atoms with Crippen molar-refractivity contribution in [2.45, 2.75) is 19.0 Å². The fraction of sp³-hybridized carbons (Fsp3) is 0.714. The van der Waals surface area contributed by atoms with Gasteiger partial charge in [0.15, 0.2) is 0 Å². The first-order valence-corrected chi connectivity index (χ1v) is 4.55. The summed E-state index contributed by atoms with van der Waals surface area (Å²) in [6.45, 7) is 2.00. The molecule has 7 heteroatoms. The Labute approximate surface area is 80.9 Å². The average molecular weight is 196 g/mol. The minimum atomic E-state index is -0.0500. The molecule has 0 unspecified atom stereocenters. The molecule has 2 heterocycles. The number of nitrogens with zero attached hydrogens (tertiary/aromatic N) is 4. The van der Waals surface area contributed by atoms with Gasteiger partial charge in [0.2, 0.25) is 5.91 Å². The number of carbonyl (C=O) groups excluding carboxylic acids is 1. The zero-order valence-electron chi connectivity index (χ0n) is 7.68. The van der Waals surface area contributed by atoms with Gasteiger partial charge in [0.05, 0.1) is 0 Å². The third kappa shape index (κ3) is 2.25. The largest absolute Gasteiger partial charge is 0.350 e. The number of amides is 1. The monoisotopic (exact) mass is 196 g/mol. The molecule has 0 aliphatic carbocycles. The Hall–Kier alpha value is -1.50. The first-order chi connectivity index (χ1) is 6.84. The average Bonchev–Trinajstić information content (AvgIpc) is 2.76. The molecule has 1 aromatic rings. The number of aromatic nitrogens is 4. The molecular weight excluding hydrogens is 184 g/mol. The molecule has 1 aliphatic heterocycles. The smallest absolute Gasteiger partial charge is 0.242 e. The van der Waals surface area contributed by atoms with Gasteiger partial charge in [0, 0.05) is 12.6 Å². The summed E-state index contributed by atoms with van der Waals surface area (Å²) in [7, 11) is 0. The summed E-state index contributed by atoms with van der Waals surface area (Å²) in [5.74, 6) is -0.0500. The van der Waals surface area contributed by atoms with Crippen LogP contribution in [0.4, 0.5) is 0 Å². The van der Waals surface area contributed by atoms with Gasteiger partial charge >= 0.3 is 0 Å². The Morgan fingerprint density at radius 2 is 2.64 bits per heavy atom. The minimum Gasteiger partial charge on any atom is -0.350 e. The number of hydrogen-bond acceptors (Lipinski definition) is 5. The van der Waals surface area contributed by atoms with Crippen molar-refractivity contribution in [3.63, 3.8) is 0 Å². The van der Waals surface area contributed by atoms with Crippen LogP contribution in [0.2, 0.25) is 0 Å². The lowest BCUT2D eigenvalue weighted by atomic mass is 10.2. The maximum atomic E-state index is 11.4. The van der Waals surface area contributed by atoms with E-state index in [1.165, 1.54) is 11.0 Å².